The molecular formula is C11H9N2O2. The molecule has 1 N–H and O–H groups in total. The summed E-state index contributed by atoms with van der Waals surface area (Å²) in [5.74, 6) is 0.519. The van der Waals surface area contributed by atoms with Gasteiger partial charge in [0.1, 0.15) is 11.4 Å². The zero-order chi connectivity index (χ0) is 10.8. The Hall–Kier alpha value is -2.10. The van der Waals surface area contributed by atoms with E-state index in [0.717, 1.165) is 5.39 Å². The Bertz CT molecular complexity index is 523. The lowest BCUT2D eigenvalue weighted by molar-refractivity contribution is 0.418. The number of hydrogen-bond donors (Lipinski definition) is 1. The molecule has 0 bridgehead atoms. The second-order valence-electron chi connectivity index (χ2n) is 3.09. The fraction of sp³-hybridized carbons (Fsp3) is 0.0909. The molecule has 4 heteroatoms. The van der Waals surface area contributed by atoms with Gasteiger partial charge in [-0.15, -0.1) is 5.11 Å². The molecule has 0 fully saturated rings. The standard InChI is InChI=1S/C11H9N2O2/c1-15-10-6-9(13-12)11(14)8-5-3-2-4-7(8)10/h2-6,14H,1H3. The Labute approximate surface area is 86.6 Å². The topological polar surface area (TPSA) is 64.1 Å². The molecule has 75 valence electrons. The van der Waals surface area contributed by atoms with Crippen molar-refractivity contribution in [2.75, 3.05) is 7.11 Å². The lowest BCUT2D eigenvalue weighted by atomic mass is 10.1. The molecule has 0 aliphatic rings. The van der Waals surface area contributed by atoms with Gasteiger partial charge in [-0.05, 0) is 5.53 Å². The molecule has 0 aromatic heterocycles. The molecule has 4 nitrogen and oxygen atoms in total. The molecule has 0 spiro atoms. The van der Waals surface area contributed by atoms with Crippen LogP contribution in [-0.2, 0) is 0 Å². The first-order valence-electron chi connectivity index (χ1n) is 4.41. The highest BCUT2D eigenvalue weighted by atomic mass is 16.5. The molecule has 0 saturated carbocycles. The molecule has 0 heterocycles. The molecule has 1 radical (unpaired) electrons. The van der Waals surface area contributed by atoms with Gasteiger partial charge in [-0.2, -0.15) is 0 Å². The summed E-state index contributed by atoms with van der Waals surface area (Å²) in [6.45, 7) is 0. The summed E-state index contributed by atoms with van der Waals surface area (Å²) in [5.41, 5.74) is 8.81. The van der Waals surface area contributed by atoms with Gasteiger partial charge in [0.25, 0.3) is 0 Å². The van der Waals surface area contributed by atoms with E-state index in [9.17, 15) is 5.11 Å². The van der Waals surface area contributed by atoms with Gasteiger partial charge in [-0.3, -0.25) is 0 Å². The maximum atomic E-state index is 9.76. The fourth-order valence-electron chi connectivity index (χ4n) is 1.56. The summed E-state index contributed by atoms with van der Waals surface area (Å²) >= 11 is 0. The lowest BCUT2D eigenvalue weighted by Gasteiger charge is -2.08. The van der Waals surface area contributed by atoms with Crippen LogP contribution in [0.3, 0.4) is 0 Å². The number of fused-ring (bicyclic) bond motifs is 1. The molecule has 2 rings (SSSR count). The van der Waals surface area contributed by atoms with Crippen molar-refractivity contribution in [3.63, 3.8) is 0 Å². The smallest absolute Gasteiger partial charge is 0.151 e. The van der Waals surface area contributed by atoms with Crippen LogP contribution in [0.4, 0.5) is 5.69 Å². The van der Waals surface area contributed by atoms with Gasteiger partial charge in [0.2, 0.25) is 0 Å². The molecule has 2 aromatic rings. The largest absolute Gasteiger partial charge is 0.505 e. The lowest BCUT2D eigenvalue weighted by Crippen LogP contribution is -1.85. The highest BCUT2D eigenvalue weighted by molar-refractivity contribution is 5.96. The van der Waals surface area contributed by atoms with Crippen molar-refractivity contribution in [3.8, 4) is 11.5 Å². The third-order valence-electron chi connectivity index (χ3n) is 2.29. The van der Waals surface area contributed by atoms with Crippen LogP contribution in [0.25, 0.3) is 10.8 Å². The number of aromatic hydroxyl groups is 1. The summed E-state index contributed by atoms with van der Waals surface area (Å²) in [4.78, 5) is 0. The second-order valence-corrected chi connectivity index (χ2v) is 3.09. The van der Waals surface area contributed by atoms with Crippen LogP contribution >= 0.6 is 0 Å². The second kappa shape index (κ2) is 3.57. The molecule has 0 atom stereocenters. The SMILES string of the molecule is COc1cc(N=[N])c(O)c2ccccc12. The third kappa shape index (κ3) is 1.40. The summed E-state index contributed by atoms with van der Waals surface area (Å²) in [7, 11) is 1.53. The van der Waals surface area contributed by atoms with Gasteiger partial charge in [0, 0.05) is 16.8 Å². The van der Waals surface area contributed by atoms with Crippen LogP contribution in [0.1, 0.15) is 0 Å². The van der Waals surface area contributed by atoms with E-state index in [-0.39, 0.29) is 11.4 Å². The summed E-state index contributed by atoms with van der Waals surface area (Å²) < 4.78 is 5.14. The van der Waals surface area contributed by atoms with Gasteiger partial charge in [0.05, 0.1) is 7.11 Å². The first-order chi connectivity index (χ1) is 7.27. The number of hydrogen-bond acceptors (Lipinski definition) is 3. The molecule has 0 saturated heterocycles. The van der Waals surface area contributed by atoms with Crippen molar-refractivity contribution in [2.45, 2.75) is 0 Å². The summed E-state index contributed by atoms with van der Waals surface area (Å²) in [6, 6.07) is 8.69. The minimum atomic E-state index is -0.0473. The number of ether oxygens (including phenoxy) is 1. The third-order valence-corrected chi connectivity index (χ3v) is 2.29. The zero-order valence-electron chi connectivity index (χ0n) is 8.14. The van der Waals surface area contributed by atoms with E-state index in [4.69, 9.17) is 10.3 Å². The van der Waals surface area contributed by atoms with Crippen molar-refractivity contribution in [2.24, 2.45) is 5.11 Å². The maximum absolute atomic E-state index is 9.76. The average Bonchev–Trinajstić information content (AvgIpc) is 2.30. The average molecular weight is 201 g/mol. The number of phenols is 1. The predicted molar refractivity (Wildman–Crippen MR) is 56.4 cm³/mol. The van der Waals surface area contributed by atoms with Gasteiger partial charge < -0.3 is 9.84 Å². The van der Waals surface area contributed by atoms with E-state index in [0.29, 0.717) is 11.1 Å². The van der Waals surface area contributed by atoms with Crippen LogP contribution in [0.15, 0.2) is 35.4 Å². The van der Waals surface area contributed by atoms with E-state index in [2.05, 4.69) is 5.11 Å². The highest BCUT2D eigenvalue weighted by Gasteiger charge is 2.10. The molecule has 2 aromatic carbocycles. The van der Waals surface area contributed by atoms with E-state index >= 15 is 0 Å². The predicted octanol–water partition coefficient (Wildman–Crippen LogP) is 2.44. The van der Waals surface area contributed by atoms with Gasteiger partial charge in [0.15, 0.2) is 5.75 Å². The number of phenolic OH excluding ortho intramolecular Hbond substituents is 1. The van der Waals surface area contributed by atoms with Crippen LogP contribution in [0.2, 0.25) is 0 Å². The zero-order valence-corrected chi connectivity index (χ0v) is 8.14. The van der Waals surface area contributed by atoms with E-state index < -0.39 is 0 Å². The summed E-state index contributed by atoms with van der Waals surface area (Å²) in [6.07, 6.45) is 0. The number of rotatable bonds is 2. The van der Waals surface area contributed by atoms with Crippen LogP contribution in [0.5, 0.6) is 11.5 Å². The number of methoxy groups -OCH3 is 1. The quantitative estimate of drug-likeness (QED) is 0.758. The van der Waals surface area contributed by atoms with Crippen molar-refractivity contribution in [1.29, 1.82) is 0 Å². The van der Waals surface area contributed by atoms with Gasteiger partial charge in [-0.1, -0.05) is 24.3 Å². The van der Waals surface area contributed by atoms with Crippen molar-refractivity contribution < 1.29 is 9.84 Å². The van der Waals surface area contributed by atoms with Gasteiger partial charge >= 0.3 is 0 Å². The Morgan fingerprint density at radius 2 is 1.93 bits per heavy atom. The van der Waals surface area contributed by atoms with Crippen LogP contribution in [0, 0.1) is 0 Å². The monoisotopic (exact) mass is 201 g/mol. The number of nitrogens with zero attached hydrogens (tertiary/aromatic N) is 2. The van der Waals surface area contributed by atoms with E-state index in [1.807, 2.05) is 12.1 Å². The molecular weight excluding hydrogens is 192 g/mol. The Kier molecular flexibility index (Phi) is 2.25. The molecule has 0 aliphatic carbocycles. The molecule has 0 amide bonds. The minimum Gasteiger partial charge on any atom is -0.505 e. The summed E-state index contributed by atoms with van der Waals surface area (Å²) in [5, 5.41) is 14.1. The van der Waals surface area contributed by atoms with Crippen LogP contribution < -0.4 is 10.3 Å². The highest BCUT2D eigenvalue weighted by Crippen LogP contribution is 2.40. The maximum Gasteiger partial charge on any atom is 0.151 e. The fourth-order valence-corrected chi connectivity index (χ4v) is 1.56. The minimum absolute atomic E-state index is 0.0473. The van der Waals surface area contributed by atoms with Crippen molar-refractivity contribution in [1.82, 2.24) is 5.53 Å². The molecule has 0 aliphatic heterocycles. The molecule has 15 heavy (non-hydrogen) atoms. The van der Waals surface area contributed by atoms with Gasteiger partial charge in [-0.25, -0.2) is 0 Å². The van der Waals surface area contributed by atoms with E-state index in [1.165, 1.54) is 13.2 Å². The van der Waals surface area contributed by atoms with Crippen molar-refractivity contribution in [3.05, 3.63) is 30.3 Å². The number of benzene rings is 2. The Morgan fingerprint density at radius 3 is 2.53 bits per heavy atom. The first kappa shape index (κ1) is 9.45. The van der Waals surface area contributed by atoms with Crippen LogP contribution in [-0.4, -0.2) is 12.2 Å². The van der Waals surface area contributed by atoms with E-state index in [1.54, 1.807) is 12.1 Å². The molecule has 0 unspecified atom stereocenters. The first-order valence-corrected chi connectivity index (χ1v) is 4.41. The Morgan fingerprint density at radius 1 is 1.27 bits per heavy atom. The van der Waals surface area contributed by atoms with Crippen molar-refractivity contribution >= 4 is 16.5 Å². The normalized spacial score (nSPS) is 10.2. The Balaban J connectivity index is 2.89.